The molecule has 1 aliphatic rings. The molecule has 7 heteroatoms. The number of carbonyl (C=O) groups is 2. The summed E-state index contributed by atoms with van der Waals surface area (Å²) in [4.78, 5) is 29.0. The summed E-state index contributed by atoms with van der Waals surface area (Å²) in [7, 11) is 3.05. The van der Waals surface area contributed by atoms with Crippen molar-refractivity contribution in [3.63, 3.8) is 0 Å². The molecule has 2 aromatic carbocycles. The molecule has 0 radical (unpaired) electrons. The van der Waals surface area contributed by atoms with E-state index < -0.39 is 11.8 Å². The Bertz CT molecular complexity index is 1200. The van der Waals surface area contributed by atoms with Crippen LogP contribution in [0, 0.1) is 0 Å². The summed E-state index contributed by atoms with van der Waals surface area (Å²) in [6, 6.07) is 16.6. The Labute approximate surface area is 197 Å². The maximum atomic E-state index is 13.6. The third kappa shape index (κ3) is 4.36. The Balaban J connectivity index is 1.76. The molecule has 170 valence electrons. The van der Waals surface area contributed by atoms with E-state index in [0.29, 0.717) is 22.8 Å². The fourth-order valence-electron chi connectivity index (χ4n) is 3.65. The number of ether oxygens (including phenoxy) is 2. The molecule has 3 aromatic rings. The van der Waals surface area contributed by atoms with Gasteiger partial charge in [-0.05, 0) is 34.6 Å². The van der Waals surface area contributed by atoms with E-state index in [1.807, 2.05) is 41.8 Å². The number of thiophene rings is 1. The standard InChI is InChI=1S/C26H26N2O4S/c1-26(2,3)16-8-10-17(11-9-16)27-23-22(21-7-6-12-33-21)24(29)28(25(23)30)18-13-19(31-4)15-20(14-18)32-5/h6-15,27H,1-5H3. The minimum absolute atomic E-state index is 0.0152. The Morgan fingerprint density at radius 2 is 1.52 bits per heavy atom. The van der Waals surface area contributed by atoms with Crippen molar-refractivity contribution in [1.29, 1.82) is 0 Å². The number of anilines is 2. The summed E-state index contributed by atoms with van der Waals surface area (Å²) in [6.07, 6.45) is 0. The number of hydrogen-bond donors (Lipinski definition) is 1. The molecule has 0 aliphatic carbocycles. The Morgan fingerprint density at radius 3 is 2.03 bits per heavy atom. The number of imide groups is 1. The molecule has 1 aliphatic heterocycles. The number of amides is 2. The van der Waals surface area contributed by atoms with Crippen LogP contribution in [0.3, 0.4) is 0 Å². The van der Waals surface area contributed by atoms with Crippen LogP contribution < -0.4 is 19.7 Å². The zero-order valence-corrected chi connectivity index (χ0v) is 20.1. The molecule has 1 N–H and O–H groups in total. The molecule has 0 saturated carbocycles. The van der Waals surface area contributed by atoms with E-state index in [1.54, 1.807) is 18.2 Å². The maximum Gasteiger partial charge on any atom is 0.282 e. The Kier molecular flexibility index (Phi) is 5.99. The predicted octanol–water partition coefficient (Wildman–Crippen LogP) is 5.46. The third-order valence-corrected chi connectivity index (χ3v) is 6.35. The molecular weight excluding hydrogens is 436 g/mol. The largest absolute Gasteiger partial charge is 0.497 e. The van der Waals surface area contributed by atoms with Gasteiger partial charge >= 0.3 is 0 Å². The van der Waals surface area contributed by atoms with Gasteiger partial charge in [-0.25, -0.2) is 4.90 Å². The zero-order valence-electron chi connectivity index (χ0n) is 19.3. The van der Waals surface area contributed by atoms with Gasteiger partial charge < -0.3 is 14.8 Å². The molecule has 0 atom stereocenters. The van der Waals surface area contributed by atoms with E-state index in [2.05, 4.69) is 26.1 Å². The van der Waals surface area contributed by atoms with Crippen molar-refractivity contribution < 1.29 is 19.1 Å². The van der Waals surface area contributed by atoms with Gasteiger partial charge in [0.05, 0.1) is 25.5 Å². The lowest BCUT2D eigenvalue weighted by atomic mass is 9.87. The molecule has 2 amide bonds. The quantitative estimate of drug-likeness (QED) is 0.493. The van der Waals surface area contributed by atoms with Gasteiger partial charge in [-0.3, -0.25) is 9.59 Å². The number of hydrogen-bond acceptors (Lipinski definition) is 6. The first-order valence-corrected chi connectivity index (χ1v) is 11.4. The molecule has 0 spiro atoms. The second kappa shape index (κ2) is 8.75. The van der Waals surface area contributed by atoms with E-state index in [0.717, 1.165) is 15.5 Å². The smallest absolute Gasteiger partial charge is 0.282 e. The lowest BCUT2D eigenvalue weighted by molar-refractivity contribution is -0.120. The van der Waals surface area contributed by atoms with Crippen LogP contribution >= 0.6 is 11.3 Å². The summed E-state index contributed by atoms with van der Waals surface area (Å²) in [5.74, 6) is 0.147. The lowest BCUT2D eigenvalue weighted by Gasteiger charge is -2.19. The first kappa shape index (κ1) is 22.6. The Morgan fingerprint density at radius 1 is 0.879 bits per heavy atom. The highest BCUT2D eigenvalue weighted by molar-refractivity contribution is 7.11. The second-order valence-electron chi connectivity index (χ2n) is 8.70. The van der Waals surface area contributed by atoms with Crippen LogP contribution in [-0.4, -0.2) is 26.0 Å². The second-order valence-corrected chi connectivity index (χ2v) is 9.64. The van der Waals surface area contributed by atoms with Crippen molar-refractivity contribution in [1.82, 2.24) is 0 Å². The molecule has 4 rings (SSSR count). The summed E-state index contributed by atoms with van der Waals surface area (Å²) in [5.41, 5.74) is 2.90. The summed E-state index contributed by atoms with van der Waals surface area (Å²) < 4.78 is 10.7. The van der Waals surface area contributed by atoms with Crippen LogP contribution in [0.2, 0.25) is 0 Å². The molecule has 2 heterocycles. The van der Waals surface area contributed by atoms with Gasteiger partial charge in [0.15, 0.2) is 0 Å². The van der Waals surface area contributed by atoms with Crippen LogP contribution in [0.4, 0.5) is 11.4 Å². The average molecular weight is 463 g/mol. The van der Waals surface area contributed by atoms with Crippen molar-refractivity contribution in [3.05, 3.63) is 76.1 Å². The molecule has 1 aromatic heterocycles. The minimum Gasteiger partial charge on any atom is -0.497 e. The molecule has 33 heavy (non-hydrogen) atoms. The summed E-state index contributed by atoms with van der Waals surface area (Å²) >= 11 is 1.41. The molecule has 6 nitrogen and oxygen atoms in total. The maximum absolute atomic E-state index is 13.6. The van der Waals surface area contributed by atoms with Gasteiger partial charge in [0.1, 0.15) is 17.2 Å². The fourth-order valence-corrected chi connectivity index (χ4v) is 4.42. The molecule has 0 bridgehead atoms. The van der Waals surface area contributed by atoms with Gasteiger partial charge in [-0.1, -0.05) is 39.0 Å². The van der Waals surface area contributed by atoms with E-state index in [1.165, 1.54) is 31.1 Å². The highest BCUT2D eigenvalue weighted by Crippen LogP contribution is 2.38. The van der Waals surface area contributed by atoms with E-state index >= 15 is 0 Å². The molecule has 0 saturated heterocycles. The zero-order chi connectivity index (χ0) is 23.8. The first-order chi connectivity index (χ1) is 15.7. The van der Waals surface area contributed by atoms with Gasteiger partial charge in [-0.15, -0.1) is 11.3 Å². The van der Waals surface area contributed by atoms with Crippen LogP contribution in [-0.2, 0) is 15.0 Å². The van der Waals surface area contributed by atoms with Crippen LogP contribution in [0.1, 0.15) is 31.2 Å². The SMILES string of the molecule is COc1cc(OC)cc(N2C(=O)C(Nc3ccc(C(C)(C)C)cc3)=C(c3cccs3)C2=O)c1. The minimum atomic E-state index is -0.432. The van der Waals surface area contributed by atoms with E-state index in [4.69, 9.17) is 9.47 Å². The molecular formula is C26H26N2O4S. The van der Waals surface area contributed by atoms with Crippen molar-refractivity contribution >= 4 is 40.1 Å². The van der Waals surface area contributed by atoms with Gasteiger partial charge in [0.25, 0.3) is 11.8 Å². The fraction of sp³-hybridized carbons (Fsp3) is 0.231. The normalized spacial score (nSPS) is 14.2. The third-order valence-electron chi connectivity index (χ3n) is 5.47. The van der Waals surface area contributed by atoms with Gasteiger partial charge in [-0.2, -0.15) is 0 Å². The number of benzene rings is 2. The van der Waals surface area contributed by atoms with E-state index in [9.17, 15) is 9.59 Å². The number of carbonyl (C=O) groups excluding carboxylic acids is 2. The van der Waals surface area contributed by atoms with Crippen LogP contribution in [0.5, 0.6) is 11.5 Å². The first-order valence-electron chi connectivity index (χ1n) is 10.5. The van der Waals surface area contributed by atoms with Crippen molar-refractivity contribution in [2.24, 2.45) is 0 Å². The van der Waals surface area contributed by atoms with E-state index in [-0.39, 0.29) is 11.1 Å². The number of nitrogens with one attached hydrogen (secondary N) is 1. The summed E-state index contributed by atoms with van der Waals surface area (Å²) in [5, 5.41) is 5.09. The van der Waals surface area contributed by atoms with Crippen molar-refractivity contribution in [3.8, 4) is 11.5 Å². The van der Waals surface area contributed by atoms with Gasteiger partial charge in [0.2, 0.25) is 0 Å². The monoisotopic (exact) mass is 462 g/mol. The number of rotatable bonds is 6. The average Bonchev–Trinajstić information content (AvgIpc) is 3.39. The highest BCUT2D eigenvalue weighted by atomic mass is 32.1. The van der Waals surface area contributed by atoms with Crippen LogP contribution in [0.15, 0.2) is 65.7 Å². The van der Waals surface area contributed by atoms with Crippen molar-refractivity contribution in [2.45, 2.75) is 26.2 Å². The molecule has 0 fully saturated rings. The topological polar surface area (TPSA) is 67.9 Å². The lowest BCUT2D eigenvalue weighted by Crippen LogP contribution is -2.32. The molecule has 0 unspecified atom stereocenters. The van der Waals surface area contributed by atoms with Crippen LogP contribution in [0.25, 0.3) is 5.57 Å². The predicted molar refractivity (Wildman–Crippen MR) is 132 cm³/mol. The summed E-state index contributed by atoms with van der Waals surface area (Å²) in [6.45, 7) is 6.44. The Hall–Kier alpha value is -3.58. The highest BCUT2D eigenvalue weighted by Gasteiger charge is 2.41. The number of nitrogens with zero attached hydrogens (tertiary/aromatic N) is 1. The van der Waals surface area contributed by atoms with Crippen molar-refractivity contribution in [2.75, 3.05) is 24.4 Å². The number of methoxy groups -OCH3 is 2. The van der Waals surface area contributed by atoms with Gasteiger partial charge in [0, 0.05) is 28.8 Å².